The van der Waals surface area contributed by atoms with Crippen LogP contribution in [0.5, 0.6) is 5.75 Å². The largest absolute Gasteiger partial charge is 0.492 e. The second-order valence-electron chi connectivity index (χ2n) is 10.5. The molecule has 1 saturated heterocycles. The van der Waals surface area contributed by atoms with E-state index in [0.717, 1.165) is 16.8 Å². The van der Waals surface area contributed by atoms with E-state index in [4.69, 9.17) is 4.74 Å². The fraction of sp³-hybridized carbons (Fsp3) is 0.452. The molecule has 2 aromatic rings. The lowest BCUT2D eigenvalue weighted by molar-refractivity contribution is -0.134. The number of ether oxygens (including phenoxy) is 1. The number of fused-ring (bicyclic) bond motifs is 1. The predicted octanol–water partition coefficient (Wildman–Crippen LogP) is 3.99. The van der Waals surface area contributed by atoms with Gasteiger partial charge < -0.3 is 20.7 Å². The molecule has 3 amide bonds. The van der Waals surface area contributed by atoms with Gasteiger partial charge >= 0.3 is 0 Å². The van der Waals surface area contributed by atoms with Gasteiger partial charge in [0.25, 0.3) is 5.91 Å². The molecule has 2 heterocycles. The Bertz CT molecular complexity index is 1180. The minimum absolute atomic E-state index is 0.0330. The van der Waals surface area contributed by atoms with Crippen LogP contribution in [-0.2, 0) is 9.59 Å². The number of benzene rings is 2. The summed E-state index contributed by atoms with van der Waals surface area (Å²) < 4.78 is 5.89. The summed E-state index contributed by atoms with van der Waals surface area (Å²) in [7, 11) is 0. The Morgan fingerprint density at radius 1 is 0.974 bits per heavy atom. The van der Waals surface area contributed by atoms with Crippen molar-refractivity contribution in [1.82, 2.24) is 15.5 Å². The van der Waals surface area contributed by atoms with Crippen LogP contribution in [0, 0.1) is 19.3 Å². The molecule has 208 valence electrons. The van der Waals surface area contributed by atoms with E-state index in [1.165, 1.54) is 0 Å². The van der Waals surface area contributed by atoms with Crippen LogP contribution in [0.25, 0.3) is 0 Å². The number of aryl methyl sites for hydroxylation is 2. The number of rotatable bonds is 3. The smallest absolute Gasteiger partial charge is 0.255 e. The number of nitrogens with one attached hydrogen (secondary N) is 3. The van der Waals surface area contributed by atoms with Gasteiger partial charge in [0.1, 0.15) is 5.75 Å². The number of para-hydroxylation sites is 2. The average molecular weight is 533 g/mol. The number of anilines is 1. The van der Waals surface area contributed by atoms with Gasteiger partial charge in [0.15, 0.2) is 0 Å². The van der Waals surface area contributed by atoms with Crippen LogP contribution in [0.2, 0.25) is 0 Å². The first-order valence-corrected chi connectivity index (χ1v) is 13.9. The number of nitrogens with zero attached hydrogens (tertiary/aromatic N) is 1. The first kappa shape index (κ1) is 28.4. The highest BCUT2D eigenvalue weighted by Gasteiger charge is 2.40. The van der Waals surface area contributed by atoms with Crippen LogP contribution in [0.15, 0.2) is 54.6 Å². The first-order valence-electron chi connectivity index (χ1n) is 13.9. The summed E-state index contributed by atoms with van der Waals surface area (Å²) in [5.74, 6) is 0.417. The molecule has 2 aliphatic rings. The van der Waals surface area contributed by atoms with Crippen LogP contribution < -0.4 is 20.7 Å². The van der Waals surface area contributed by atoms with Gasteiger partial charge in [-0.05, 0) is 82.3 Å². The second kappa shape index (κ2) is 13.4. The Hall–Kier alpha value is -3.65. The van der Waals surface area contributed by atoms with Crippen molar-refractivity contribution in [3.8, 4) is 5.75 Å². The Kier molecular flexibility index (Phi) is 9.76. The molecule has 8 nitrogen and oxygen atoms in total. The molecule has 0 aromatic heterocycles. The van der Waals surface area contributed by atoms with E-state index in [0.29, 0.717) is 82.7 Å². The van der Waals surface area contributed by atoms with Gasteiger partial charge in [-0.3, -0.25) is 19.3 Å². The molecule has 1 fully saturated rings. The molecule has 4 rings (SSSR count). The molecule has 8 heteroatoms. The van der Waals surface area contributed by atoms with Gasteiger partial charge in [-0.2, -0.15) is 0 Å². The van der Waals surface area contributed by atoms with Crippen molar-refractivity contribution in [1.29, 1.82) is 0 Å². The molecule has 0 unspecified atom stereocenters. The van der Waals surface area contributed by atoms with Crippen LogP contribution in [0.4, 0.5) is 5.69 Å². The zero-order valence-corrected chi connectivity index (χ0v) is 23.1. The molecule has 2 aliphatic heterocycles. The van der Waals surface area contributed by atoms with Crippen LogP contribution >= 0.6 is 0 Å². The number of likely N-dealkylation sites (tertiary alicyclic amines) is 1. The van der Waals surface area contributed by atoms with E-state index in [2.05, 4.69) is 26.9 Å². The lowest BCUT2D eigenvalue weighted by Crippen LogP contribution is -2.50. The minimum Gasteiger partial charge on any atom is -0.492 e. The fourth-order valence-electron chi connectivity index (χ4n) is 5.28. The Morgan fingerprint density at radius 3 is 2.46 bits per heavy atom. The average Bonchev–Trinajstić information content (AvgIpc) is 2.93. The maximum atomic E-state index is 13.4. The summed E-state index contributed by atoms with van der Waals surface area (Å²) in [4.78, 5) is 41.0. The predicted molar refractivity (Wildman–Crippen MR) is 153 cm³/mol. The van der Waals surface area contributed by atoms with E-state index in [9.17, 15) is 14.4 Å². The van der Waals surface area contributed by atoms with Crippen molar-refractivity contribution in [2.24, 2.45) is 5.41 Å². The molecule has 0 saturated carbocycles. The van der Waals surface area contributed by atoms with Gasteiger partial charge in [-0.1, -0.05) is 42.5 Å². The van der Waals surface area contributed by atoms with E-state index in [1.807, 2.05) is 56.3 Å². The van der Waals surface area contributed by atoms with E-state index in [-0.39, 0.29) is 17.7 Å². The van der Waals surface area contributed by atoms with Crippen LogP contribution in [-0.4, -0.2) is 62.0 Å². The van der Waals surface area contributed by atoms with Crippen molar-refractivity contribution in [3.05, 3.63) is 71.3 Å². The summed E-state index contributed by atoms with van der Waals surface area (Å²) in [6, 6.07) is 13.2. The van der Waals surface area contributed by atoms with Gasteiger partial charge in [0, 0.05) is 18.8 Å². The topological polar surface area (TPSA) is 99.8 Å². The van der Waals surface area contributed by atoms with E-state index < -0.39 is 5.41 Å². The molecule has 0 bridgehead atoms. The fourth-order valence-corrected chi connectivity index (χ4v) is 5.28. The lowest BCUT2D eigenvalue weighted by Gasteiger charge is -2.40. The van der Waals surface area contributed by atoms with Crippen molar-refractivity contribution >= 4 is 23.4 Å². The van der Waals surface area contributed by atoms with Crippen molar-refractivity contribution in [2.75, 3.05) is 44.6 Å². The molecule has 0 radical (unpaired) electrons. The zero-order valence-electron chi connectivity index (χ0n) is 23.1. The maximum Gasteiger partial charge on any atom is 0.255 e. The minimum atomic E-state index is -0.510. The van der Waals surface area contributed by atoms with Gasteiger partial charge in [0.2, 0.25) is 11.8 Å². The van der Waals surface area contributed by atoms with E-state index in [1.54, 1.807) is 6.07 Å². The summed E-state index contributed by atoms with van der Waals surface area (Å²) in [6.07, 6.45) is 7.45. The van der Waals surface area contributed by atoms with E-state index >= 15 is 0 Å². The molecule has 0 aliphatic carbocycles. The van der Waals surface area contributed by atoms with Gasteiger partial charge in [-0.15, -0.1) is 0 Å². The second-order valence-corrected chi connectivity index (χ2v) is 10.5. The number of hydrogen-bond acceptors (Lipinski definition) is 5. The molecular weight excluding hydrogens is 492 g/mol. The third-order valence-corrected chi connectivity index (χ3v) is 7.68. The molecular formula is C31H40N4O4. The number of hydrogen-bond donors (Lipinski definition) is 3. The third kappa shape index (κ3) is 7.47. The summed E-state index contributed by atoms with van der Waals surface area (Å²) in [5.41, 5.74) is 2.98. The SMILES string of the molecule is Cc1cccc(C)c1NC(=O)CN1CCC2(C/C=C\CCOc3ccccc3C(=O)NCCCNC2=O)CC1. The lowest BCUT2D eigenvalue weighted by atomic mass is 9.74. The number of allylic oxidation sites excluding steroid dienone is 1. The highest BCUT2D eigenvalue weighted by molar-refractivity contribution is 5.97. The van der Waals surface area contributed by atoms with Gasteiger partial charge in [0.05, 0.1) is 24.1 Å². The molecule has 0 atom stereocenters. The maximum absolute atomic E-state index is 13.4. The Morgan fingerprint density at radius 2 is 1.69 bits per heavy atom. The highest BCUT2D eigenvalue weighted by Crippen LogP contribution is 2.36. The molecule has 2 aromatic carbocycles. The summed E-state index contributed by atoms with van der Waals surface area (Å²) >= 11 is 0. The number of amides is 3. The normalized spacial score (nSPS) is 19.7. The zero-order chi connectivity index (χ0) is 27.7. The monoisotopic (exact) mass is 532 g/mol. The number of carbonyl (C=O) groups excluding carboxylic acids is 3. The van der Waals surface area contributed by atoms with Gasteiger partial charge in [-0.25, -0.2) is 0 Å². The third-order valence-electron chi connectivity index (χ3n) is 7.68. The standard InChI is InChI=1S/C31H40N4O4/c1-23-10-8-11-24(2)28(23)34-27(36)22-35-19-15-31(16-20-35)14-6-3-7-21-39-26-13-5-4-12-25(26)29(37)32-17-9-18-33-30(31)38/h3-6,8,10-13H,7,9,14-22H2,1-2H3,(H,32,37)(H,33,38)(H,34,36)/b6-3-. The van der Waals surface area contributed by atoms with Crippen molar-refractivity contribution in [2.45, 2.75) is 46.0 Å². The Balaban J connectivity index is 1.36. The van der Waals surface area contributed by atoms with Crippen molar-refractivity contribution in [3.63, 3.8) is 0 Å². The highest BCUT2D eigenvalue weighted by atomic mass is 16.5. The summed E-state index contributed by atoms with van der Waals surface area (Å²) in [6.45, 7) is 7.05. The molecule has 3 N–H and O–H groups in total. The first-order chi connectivity index (χ1) is 18.9. The molecule has 39 heavy (non-hydrogen) atoms. The van der Waals surface area contributed by atoms with Crippen LogP contribution in [0.1, 0.15) is 53.6 Å². The Labute approximate surface area is 231 Å². The number of carbonyl (C=O) groups is 3. The van der Waals surface area contributed by atoms with Crippen molar-refractivity contribution < 1.29 is 19.1 Å². The number of piperidine rings is 1. The summed E-state index contributed by atoms with van der Waals surface area (Å²) in [5, 5.41) is 9.11. The molecule has 1 spiro atoms. The van der Waals surface area contributed by atoms with Crippen LogP contribution in [0.3, 0.4) is 0 Å². The quantitative estimate of drug-likeness (QED) is 0.519.